The molecular formula is C25H30N4O2. The van der Waals surface area contributed by atoms with Crippen LogP contribution in [0.3, 0.4) is 0 Å². The van der Waals surface area contributed by atoms with E-state index in [9.17, 15) is 9.59 Å². The Bertz CT molecular complexity index is 1050. The second-order valence-electron chi connectivity index (χ2n) is 7.90. The van der Waals surface area contributed by atoms with Crippen molar-refractivity contribution < 1.29 is 9.59 Å². The Morgan fingerprint density at radius 3 is 2.55 bits per heavy atom. The van der Waals surface area contributed by atoms with Gasteiger partial charge in [0, 0.05) is 29.9 Å². The lowest BCUT2D eigenvalue weighted by atomic mass is 10.0. The average Bonchev–Trinajstić information content (AvgIpc) is 2.74. The Kier molecular flexibility index (Phi) is 7.60. The van der Waals surface area contributed by atoms with Crippen LogP contribution in [0.2, 0.25) is 0 Å². The van der Waals surface area contributed by atoms with E-state index in [4.69, 9.17) is 0 Å². The fourth-order valence-corrected chi connectivity index (χ4v) is 3.31. The molecule has 0 aliphatic carbocycles. The standard InChI is InChI=1S/C25H30N4O2/c1-4-5-13-26-23(30)15-18-11-12-22-20(14-18)24(29-19-9-7-6-8-10-19)21(16-27-22)25(31)28-17(2)3/h6-12,14,16-17H,4-5,13,15H2,1-3H3,(H,26,30)(H,27,29)(H,28,31). The minimum Gasteiger partial charge on any atom is -0.356 e. The maximum absolute atomic E-state index is 12.9. The number of anilines is 2. The molecule has 3 N–H and O–H groups in total. The van der Waals surface area contributed by atoms with E-state index in [1.807, 2.05) is 62.4 Å². The Balaban J connectivity index is 2.00. The first kappa shape index (κ1) is 22.3. The molecule has 6 nitrogen and oxygen atoms in total. The maximum Gasteiger partial charge on any atom is 0.255 e. The van der Waals surface area contributed by atoms with Crippen molar-refractivity contribution in [3.63, 3.8) is 0 Å². The van der Waals surface area contributed by atoms with E-state index in [-0.39, 0.29) is 24.3 Å². The summed E-state index contributed by atoms with van der Waals surface area (Å²) in [4.78, 5) is 29.6. The smallest absolute Gasteiger partial charge is 0.255 e. The van der Waals surface area contributed by atoms with Crippen molar-refractivity contribution in [3.05, 3.63) is 65.9 Å². The largest absolute Gasteiger partial charge is 0.356 e. The van der Waals surface area contributed by atoms with Crippen molar-refractivity contribution >= 4 is 34.1 Å². The summed E-state index contributed by atoms with van der Waals surface area (Å²) in [5.41, 5.74) is 3.66. The van der Waals surface area contributed by atoms with Crippen molar-refractivity contribution in [2.75, 3.05) is 11.9 Å². The van der Waals surface area contributed by atoms with Gasteiger partial charge < -0.3 is 16.0 Å². The second-order valence-corrected chi connectivity index (χ2v) is 7.90. The number of nitrogens with one attached hydrogen (secondary N) is 3. The number of amides is 2. The number of carbonyl (C=O) groups excluding carboxylic acids is 2. The Morgan fingerprint density at radius 1 is 1.06 bits per heavy atom. The summed E-state index contributed by atoms with van der Waals surface area (Å²) < 4.78 is 0. The summed E-state index contributed by atoms with van der Waals surface area (Å²) in [7, 11) is 0. The number of para-hydroxylation sites is 1. The SMILES string of the molecule is CCCCNC(=O)Cc1ccc2ncc(C(=O)NC(C)C)c(Nc3ccccc3)c2c1. The molecule has 0 spiro atoms. The van der Waals surface area contributed by atoms with Crippen LogP contribution < -0.4 is 16.0 Å². The van der Waals surface area contributed by atoms with Gasteiger partial charge in [0.15, 0.2) is 0 Å². The number of hydrogen-bond donors (Lipinski definition) is 3. The minimum atomic E-state index is -0.189. The first-order valence-electron chi connectivity index (χ1n) is 10.8. The molecule has 2 amide bonds. The number of benzene rings is 2. The van der Waals surface area contributed by atoms with E-state index in [1.165, 1.54) is 0 Å². The van der Waals surface area contributed by atoms with Crippen LogP contribution >= 0.6 is 0 Å². The monoisotopic (exact) mass is 418 g/mol. The summed E-state index contributed by atoms with van der Waals surface area (Å²) >= 11 is 0. The molecule has 0 aliphatic rings. The lowest BCUT2D eigenvalue weighted by molar-refractivity contribution is -0.120. The molecular weight excluding hydrogens is 388 g/mol. The number of aromatic nitrogens is 1. The molecule has 2 aromatic carbocycles. The summed E-state index contributed by atoms with van der Waals surface area (Å²) in [6.45, 7) is 6.62. The van der Waals surface area contributed by atoms with Gasteiger partial charge in [-0.2, -0.15) is 0 Å². The predicted molar refractivity (Wildman–Crippen MR) is 126 cm³/mol. The number of rotatable bonds is 9. The van der Waals surface area contributed by atoms with Crippen LogP contribution in [0.1, 0.15) is 49.5 Å². The third kappa shape index (κ3) is 6.04. The quantitative estimate of drug-likeness (QED) is 0.444. The van der Waals surface area contributed by atoms with Crippen LogP contribution in [0.15, 0.2) is 54.7 Å². The van der Waals surface area contributed by atoms with Gasteiger partial charge >= 0.3 is 0 Å². The topological polar surface area (TPSA) is 83.1 Å². The van der Waals surface area contributed by atoms with E-state index >= 15 is 0 Å². The van der Waals surface area contributed by atoms with Crippen LogP contribution in [0.25, 0.3) is 10.9 Å². The first-order valence-corrected chi connectivity index (χ1v) is 10.8. The molecule has 1 heterocycles. The molecule has 0 unspecified atom stereocenters. The van der Waals surface area contributed by atoms with Crippen molar-refractivity contribution in [2.24, 2.45) is 0 Å². The molecule has 31 heavy (non-hydrogen) atoms. The lowest BCUT2D eigenvalue weighted by Gasteiger charge is -2.16. The van der Waals surface area contributed by atoms with Gasteiger partial charge in [0.1, 0.15) is 0 Å². The fourth-order valence-electron chi connectivity index (χ4n) is 3.31. The lowest BCUT2D eigenvalue weighted by Crippen LogP contribution is -2.30. The molecule has 0 saturated heterocycles. The molecule has 0 radical (unpaired) electrons. The van der Waals surface area contributed by atoms with Crippen LogP contribution in [-0.4, -0.2) is 29.4 Å². The Hall–Kier alpha value is -3.41. The molecule has 162 valence electrons. The summed E-state index contributed by atoms with van der Waals surface area (Å²) in [5.74, 6) is -0.197. The maximum atomic E-state index is 12.9. The molecule has 0 saturated carbocycles. The Labute approximate surface area is 183 Å². The van der Waals surface area contributed by atoms with Gasteiger partial charge in [-0.15, -0.1) is 0 Å². The molecule has 1 aromatic heterocycles. The van der Waals surface area contributed by atoms with E-state index in [1.54, 1.807) is 6.20 Å². The summed E-state index contributed by atoms with van der Waals surface area (Å²) in [6, 6.07) is 15.5. The van der Waals surface area contributed by atoms with Gasteiger partial charge in [0.05, 0.1) is 23.2 Å². The molecule has 0 aliphatic heterocycles. The minimum absolute atomic E-state index is 0.00548. The van der Waals surface area contributed by atoms with Crippen molar-refractivity contribution in [1.82, 2.24) is 15.6 Å². The normalized spacial score (nSPS) is 10.8. The zero-order valence-corrected chi connectivity index (χ0v) is 18.4. The molecule has 6 heteroatoms. The highest BCUT2D eigenvalue weighted by atomic mass is 16.2. The molecule has 0 fully saturated rings. The van der Waals surface area contributed by atoms with Gasteiger partial charge in [0.2, 0.25) is 5.91 Å². The fraction of sp³-hybridized carbons (Fsp3) is 0.320. The van der Waals surface area contributed by atoms with E-state index in [0.717, 1.165) is 35.0 Å². The van der Waals surface area contributed by atoms with E-state index in [0.29, 0.717) is 17.8 Å². The summed E-state index contributed by atoms with van der Waals surface area (Å²) in [5, 5.41) is 10.1. The van der Waals surface area contributed by atoms with Crippen molar-refractivity contribution in [3.8, 4) is 0 Å². The van der Waals surface area contributed by atoms with Crippen LogP contribution in [0.5, 0.6) is 0 Å². The van der Waals surface area contributed by atoms with Gasteiger partial charge in [0.25, 0.3) is 5.91 Å². The van der Waals surface area contributed by atoms with Crippen molar-refractivity contribution in [1.29, 1.82) is 0 Å². The number of fused-ring (bicyclic) bond motifs is 1. The van der Waals surface area contributed by atoms with E-state index < -0.39 is 0 Å². The van der Waals surface area contributed by atoms with Gasteiger partial charge in [-0.25, -0.2) is 0 Å². The highest BCUT2D eigenvalue weighted by Gasteiger charge is 2.17. The number of pyridine rings is 1. The summed E-state index contributed by atoms with van der Waals surface area (Å²) in [6.07, 6.45) is 3.89. The van der Waals surface area contributed by atoms with Crippen LogP contribution in [0.4, 0.5) is 11.4 Å². The number of nitrogens with zero attached hydrogens (tertiary/aromatic N) is 1. The van der Waals surface area contributed by atoms with Gasteiger partial charge in [-0.1, -0.05) is 37.6 Å². The molecule has 3 aromatic rings. The van der Waals surface area contributed by atoms with Gasteiger partial charge in [-0.3, -0.25) is 14.6 Å². The number of unbranched alkanes of at least 4 members (excludes halogenated alkanes) is 1. The zero-order chi connectivity index (χ0) is 22.2. The van der Waals surface area contributed by atoms with Crippen molar-refractivity contribution in [2.45, 2.75) is 46.1 Å². The molecule has 0 atom stereocenters. The molecule has 3 rings (SSSR count). The predicted octanol–water partition coefficient (Wildman–Crippen LogP) is 4.58. The highest BCUT2D eigenvalue weighted by molar-refractivity contribution is 6.08. The van der Waals surface area contributed by atoms with E-state index in [2.05, 4.69) is 27.9 Å². The third-order valence-corrected chi connectivity index (χ3v) is 4.86. The zero-order valence-electron chi connectivity index (χ0n) is 18.4. The first-order chi connectivity index (χ1) is 15.0. The number of carbonyl (C=O) groups is 2. The van der Waals surface area contributed by atoms with Crippen LogP contribution in [-0.2, 0) is 11.2 Å². The molecule has 0 bridgehead atoms. The second kappa shape index (κ2) is 10.6. The Morgan fingerprint density at radius 2 is 1.84 bits per heavy atom. The van der Waals surface area contributed by atoms with Crippen LogP contribution in [0, 0.1) is 0 Å². The van der Waals surface area contributed by atoms with Gasteiger partial charge in [-0.05, 0) is 50.1 Å². The average molecular weight is 419 g/mol. The number of hydrogen-bond acceptors (Lipinski definition) is 4. The third-order valence-electron chi connectivity index (χ3n) is 4.86. The highest BCUT2D eigenvalue weighted by Crippen LogP contribution is 2.30.